The van der Waals surface area contributed by atoms with E-state index in [4.69, 9.17) is 26.2 Å². The summed E-state index contributed by atoms with van der Waals surface area (Å²) in [6, 6.07) is 5.89. The number of carbonyl (C=O) groups is 1. The summed E-state index contributed by atoms with van der Waals surface area (Å²) in [5, 5.41) is 17.7. The lowest BCUT2D eigenvalue weighted by atomic mass is 10.1. The fourth-order valence-corrected chi connectivity index (χ4v) is 1.42. The summed E-state index contributed by atoms with van der Waals surface area (Å²) in [5.74, 6) is -1.49. The van der Waals surface area contributed by atoms with Crippen molar-refractivity contribution in [2.75, 3.05) is 0 Å². The molecule has 0 fully saturated rings. The standard InChI is InChI=1S/C10H6ClNO4/c11-10-12-7(8(16-10)9(14)15)5-1-3-6(13)4-2-5/h1-4,13H,(H,14,15). The van der Waals surface area contributed by atoms with E-state index in [1.807, 2.05) is 0 Å². The van der Waals surface area contributed by atoms with E-state index in [2.05, 4.69) is 4.98 Å². The van der Waals surface area contributed by atoms with Gasteiger partial charge in [0, 0.05) is 5.56 Å². The minimum Gasteiger partial charge on any atom is -0.508 e. The lowest BCUT2D eigenvalue weighted by molar-refractivity contribution is 0.0663. The largest absolute Gasteiger partial charge is 0.508 e. The highest BCUT2D eigenvalue weighted by molar-refractivity contribution is 6.28. The Morgan fingerprint density at radius 3 is 2.50 bits per heavy atom. The molecule has 6 heteroatoms. The molecule has 1 aromatic heterocycles. The van der Waals surface area contributed by atoms with Crippen molar-refractivity contribution in [1.29, 1.82) is 0 Å². The Kier molecular flexibility index (Phi) is 2.54. The maximum absolute atomic E-state index is 10.8. The Morgan fingerprint density at radius 1 is 1.31 bits per heavy atom. The van der Waals surface area contributed by atoms with E-state index in [0.29, 0.717) is 5.56 Å². The maximum atomic E-state index is 10.8. The zero-order valence-corrected chi connectivity index (χ0v) is 8.60. The topological polar surface area (TPSA) is 83.6 Å². The van der Waals surface area contributed by atoms with Crippen molar-refractivity contribution in [3.63, 3.8) is 0 Å². The number of benzene rings is 1. The number of oxazole rings is 1. The van der Waals surface area contributed by atoms with Gasteiger partial charge in [-0.1, -0.05) is 0 Å². The third-order valence-electron chi connectivity index (χ3n) is 1.94. The molecule has 0 spiro atoms. The Balaban J connectivity index is 2.55. The number of rotatable bonds is 2. The van der Waals surface area contributed by atoms with E-state index in [9.17, 15) is 4.79 Å². The second-order valence-electron chi connectivity index (χ2n) is 3.00. The molecule has 0 aliphatic heterocycles. The fraction of sp³-hybridized carbons (Fsp3) is 0. The van der Waals surface area contributed by atoms with Gasteiger partial charge in [0.25, 0.3) is 5.35 Å². The van der Waals surface area contributed by atoms with Crippen LogP contribution in [0.25, 0.3) is 11.3 Å². The van der Waals surface area contributed by atoms with Crippen LogP contribution in [0.2, 0.25) is 5.35 Å². The van der Waals surface area contributed by atoms with Crippen molar-refractivity contribution in [1.82, 2.24) is 4.98 Å². The second kappa shape index (κ2) is 3.86. The van der Waals surface area contributed by atoms with Gasteiger partial charge in [0.05, 0.1) is 0 Å². The van der Waals surface area contributed by atoms with Crippen molar-refractivity contribution >= 4 is 17.6 Å². The van der Waals surface area contributed by atoms with Gasteiger partial charge in [-0.15, -0.1) is 0 Å². The molecule has 2 rings (SSSR count). The number of hydrogen-bond donors (Lipinski definition) is 2. The quantitative estimate of drug-likeness (QED) is 0.841. The van der Waals surface area contributed by atoms with Crippen LogP contribution in [0.3, 0.4) is 0 Å². The van der Waals surface area contributed by atoms with Crippen LogP contribution < -0.4 is 0 Å². The van der Waals surface area contributed by atoms with E-state index < -0.39 is 5.97 Å². The molecule has 0 atom stereocenters. The first-order valence-corrected chi connectivity index (χ1v) is 4.65. The minimum atomic E-state index is -1.25. The van der Waals surface area contributed by atoms with Crippen molar-refractivity contribution < 1.29 is 19.4 Å². The molecule has 1 aromatic carbocycles. The first-order chi connectivity index (χ1) is 7.58. The third-order valence-corrected chi connectivity index (χ3v) is 2.10. The summed E-state index contributed by atoms with van der Waals surface area (Å²) >= 11 is 5.50. The average Bonchev–Trinajstić information content (AvgIpc) is 2.61. The summed E-state index contributed by atoms with van der Waals surface area (Å²) in [4.78, 5) is 14.6. The fourth-order valence-electron chi connectivity index (χ4n) is 1.25. The van der Waals surface area contributed by atoms with Gasteiger partial charge in [-0.05, 0) is 35.9 Å². The molecule has 0 aliphatic carbocycles. The predicted octanol–water partition coefficient (Wildman–Crippen LogP) is 2.40. The van der Waals surface area contributed by atoms with Crippen molar-refractivity contribution in [3.8, 4) is 17.0 Å². The highest BCUT2D eigenvalue weighted by atomic mass is 35.5. The summed E-state index contributed by atoms with van der Waals surface area (Å²) < 4.78 is 4.75. The van der Waals surface area contributed by atoms with E-state index >= 15 is 0 Å². The lowest BCUT2D eigenvalue weighted by Crippen LogP contribution is -1.96. The highest BCUT2D eigenvalue weighted by Gasteiger charge is 2.19. The van der Waals surface area contributed by atoms with Crippen molar-refractivity contribution in [3.05, 3.63) is 35.4 Å². The first kappa shape index (κ1) is 10.5. The lowest BCUT2D eigenvalue weighted by Gasteiger charge is -1.97. The molecular weight excluding hydrogens is 234 g/mol. The molecule has 16 heavy (non-hydrogen) atoms. The van der Waals surface area contributed by atoms with Crippen molar-refractivity contribution in [2.24, 2.45) is 0 Å². The summed E-state index contributed by atoms with van der Waals surface area (Å²) in [6.45, 7) is 0. The Labute approximate surface area is 94.9 Å². The molecule has 0 unspecified atom stereocenters. The molecule has 1 heterocycles. The van der Waals surface area contributed by atoms with Crippen LogP contribution in [0.5, 0.6) is 5.75 Å². The zero-order valence-electron chi connectivity index (χ0n) is 7.85. The summed E-state index contributed by atoms with van der Waals surface area (Å²) in [6.07, 6.45) is 0. The highest BCUT2D eigenvalue weighted by Crippen LogP contribution is 2.27. The van der Waals surface area contributed by atoms with Crippen LogP contribution in [0.4, 0.5) is 0 Å². The SMILES string of the molecule is O=C(O)c1oc(Cl)nc1-c1ccc(O)cc1. The van der Waals surface area contributed by atoms with E-state index in [1.165, 1.54) is 24.3 Å². The molecule has 5 nitrogen and oxygen atoms in total. The van der Waals surface area contributed by atoms with E-state index in [-0.39, 0.29) is 22.6 Å². The number of nitrogens with zero attached hydrogens (tertiary/aromatic N) is 1. The molecule has 2 aromatic rings. The zero-order chi connectivity index (χ0) is 11.7. The van der Waals surface area contributed by atoms with Gasteiger partial charge in [0.15, 0.2) is 0 Å². The van der Waals surface area contributed by atoms with Gasteiger partial charge >= 0.3 is 5.97 Å². The van der Waals surface area contributed by atoms with Gasteiger partial charge in [-0.3, -0.25) is 0 Å². The van der Waals surface area contributed by atoms with E-state index in [0.717, 1.165) is 0 Å². The van der Waals surface area contributed by atoms with Gasteiger partial charge in [0.2, 0.25) is 5.76 Å². The number of hydrogen-bond acceptors (Lipinski definition) is 4. The van der Waals surface area contributed by atoms with Crippen LogP contribution in [-0.2, 0) is 0 Å². The molecular formula is C10H6ClNO4. The Hall–Kier alpha value is -2.01. The monoisotopic (exact) mass is 239 g/mol. The number of carboxylic acid groups (broad SMARTS) is 1. The number of carboxylic acids is 1. The summed E-state index contributed by atoms with van der Waals surface area (Å²) in [7, 11) is 0. The van der Waals surface area contributed by atoms with Crippen molar-refractivity contribution in [2.45, 2.75) is 0 Å². The predicted molar refractivity (Wildman–Crippen MR) is 55.6 cm³/mol. The number of aromatic nitrogens is 1. The summed E-state index contributed by atoms with van der Waals surface area (Å²) in [5.41, 5.74) is 0.642. The van der Waals surface area contributed by atoms with Crippen LogP contribution in [0, 0.1) is 0 Å². The number of aromatic carboxylic acids is 1. The molecule has 0 saturated heterocycles. The minimum absolute atomic E-state index is 0.0789. The second-order valence-corrected chi connectivity index (χ2v) is 3.32. The van der Waals surface area contributed by atoms with Crippen LogP contribution in [0.1, 0.15) is 10.6 Å². The van der Waals surface area contributed by atoms with Gasteiger partial charge < -0.3 is 14.6 Å². The molecule has 0 amide bonds. The molecule has 0 bridgehead atoms. The average molecular weight is 240 g/mol. The Bertz CT molecular complexity index is 532. The maximum Gasteiger partial charge on any atom is 0.374 e. The van der Waals surface area contributed by atoms with Gasteiger partial charge in [-0.2, -0.15) is 4.98 Å². The molecule has 0 radical (unpaired) electrons. The normalized spacial score (nSPS) is 10.3. The third kappa shape index (κ3) is 1.85. The molecule has 2 N–H and O–H groups in total. The molecule has 0 aliphatic rings. The number of phenolic OH excluding ortho intramolecular Hbond substituents is 1. The Morgan fingerprint density at radius 2 is 1.94 bits per heavy atom. The van der Waals surface area contributed by atoms with Gasteiger partial charge in [-0.25, -0.2) is 4.79 Å². The first-order valence-electron chi connectivity index (χ1n) is 4.27. The van der Waals surface area contributed by atoms with E-state index in [1.54, 1.807) is 0 Å². The number of halogens is 1. The smallest absolute Gasteiger partial charge is 0.374 e. The number of phenols is 1. The molecule has 82 valence electrons. The molecule has 0 saturated carbocycles. The van der Waals surface area contributed by atoms with Crippen LogP contribution in [-0.4, -0.2) is 21.2 Å². The van der Waals surface area contributed by atoms with Crippen LogP contribution in [0.15, 0.2) is 28.7 Å². The number of aromatic hydroxyl groups is 1. The van der Waals surface area contributed by atoms with Gasteiger partial charge in [0.1, 0.15) is 11.4 Å². The van der Waals surface area contributed by atoms with Crippen LogP contribution >= 0.6 is 11.6 Å².